The summed E-state index contributed by atoms with van der Waals surface area (Å²) in [6.07, 6.45) is 4.22. The lowest BCUT2D eigenvalue weighted by molar-refractivity contribution is -0.122. The largest absolute Gasteiger partial charge is 0.497 e. The summed E-state index contributed by atoms with van der Waals surface area (Å²) in [5.41, 5.74) is 1.12. The van der Waals surface area contributed by atoms with Crippen molar-refractivity contribution >= 4 is 32.7 Å². The SMILES string of the molecule is COc1ccc(N(C(=O)C2CCCCC2)S(=O)(=O)c2ccc3c(c2)n(C)c(=O)n3C)cc1. The summed E-state index contributed by atoms with van der Waals surface area (Å²) in [6.45, 7) is 0. The predicted octanol–water partition coefficient (Wildman–Crippen LogP) is 3.19. The smallest absolute Gasteiger partial charge is 0.328 e. The molecule has 1 amide bonds. The van der Waals surface area contributed by atoms with E-state index in [1.54, 1.807) is 44.4 Å². The molecular weight excluding hydrogens is 430 g/mol. The molecule has 0 N–H and O–H groups in total. The average Bonchev–Trinajstić information content (AvgIpc) is 3.03. The molecule has 0 atom stereocenters. The minimum atomic E-state index is -4.22. The van der Waals surface area contributed by atoms with Crippen molar-refractivity contribution in [3.8, 4) is 5.75 Å². The lowest BCUT2D eigenvalue weighted by atomic mass is 9.88. The van der Waals surface area contributed by atoms with Crippen LogP contribution < -0.4 is 14.7 Å². The van der Waals surface area contributed by atoms with Crippen LogP contribution in [0.5, 0.6) is 5.75 Å². The van der Waals surface area contributed by atoms with Crippen LogP contribution in [-0.4, -0.2) is 30.6 Å². The van der Waals surface area contributed by atoms with Crippen molar-refractivity contribution in [2.45, 2.75) is 37.0 Å². The fourth-order valence-electron chi connectivity index (χ4n) is 4.37. The van der Waals surface area contributed by atoms with E-state index in [0.717, 1.165) is 23.6 Å². The number of amides is 1. The monoisotopic (exact) mass is 457 g/mol. The minimum Gasteiger partial charge on any atom is -0.497 e. The molecule has 0 radical (unpaired) electrons. The Morgan fingerprint density at radius 3 is 2.22 bits per heavy atom. The molecule has 2 aromatic carbocycles. The van der Waals surface area contributed by atoms with E-state index >= 15 is 0 Å². The number of ether oxygens (including phenoxy) is 1. The Balaban J connectivity index is 1.85. The van der Waals surface area contributed by atoms with E-state index in [9.17, 15) is 18.0 Å². The molecule has 0 spiro atoms. The molecule has 1 aliphatic rings. The van der Waals surface area contributed by atoms with E-state index in [1.807, 2.05) is 0 Å². The summed E-state index contributed by atoms with van der Waals surface area (Å²) in [6, 6.07) is 10.9. The highest BCUT2D eigenvalue weighted by atomic mass is 32.2. The van der Waals surface area contributed by atoms with Gasteiger partial charge in [-0.3, -0.25) is 13.9 Å². The maximum atomic E-state index is 13.8. The number of methoxy groups -OCH3 is 1. The van der Waals surface area contributed by atoms with Crippen LogP contribution in [0.3, 0.4) is 0 Å². The van der Waals surface area contributed by atoms with Gasteiger partial charge in [-0.25, -0.2) is 17.5 Å². The fraction of sp³-hybridized carbons (Fsp3) is 0.391. The zero-order chi connectivity index (χ0) is 23.0. The molecule has 1 fully saturated rings. The molecule has 4 rings (SSSR count). The Morgan fingerprint density at radius 2 is 1.59 bits per heavy atom. The van der Waals surface area contributed by atoms with Crippen LogP contribution in [-0.2, 0) is 28.9 Å². The summed E-state index contributed by atoms with van der Waals surface area (Å²) < 4.78 is 36.6. The van der Waals surface area contributed by atoms with Gasteiger partial charge in [0.2, 0.25) is 5.91 Å². The number of fused-ring (bicyclic) bond motifs is 1. The van der Waals surface area contributed by atoms with Crippen molar-refractivity contribution in [2.24, 2.45) is 20.0 Å². The normalized spacial score (nSPS) is 15.1. The van der Waals surface area contributed by atoms with E-state index in [1.165, 1.54) is 28.4 Å². The molecular formula is C23H27N3O5S. The first kappa shape index (κ1) is 22.1. The Hall–Kier alpha value is -3.07. The van der Waals surface area contributed by atoms with Gasteiger partial charge in [-0.05, 0) is 55.3 Å². The van der Waals surface area contributed by atoms with Gasteiger partial charge in [0.25, 0.3) is 10.0 Å². The number of anilines is 1. The highest BCUT2D eigenvalue weighted by molar-refractivity contribution is 7.93. The number of rotatable bonds is 5. The number of hydrogen-bond acceptors (Lipinski definition) is 5. The first-order chi connectivity index (χ1) is 15.3. The number of aryl methyl sites for hydroxylation is 2. The third kappa shape index (κ3) is 3.70. The maximum Gasteiger partial charge on any atom is 0.328 e. The van der Waals surface area contributed by atoms with Gasteiger partial charge >= 0.3 is 5.69 Å². The highest BCUT2D eigenvalue weighted by Crippen LogP contribution is 2.33. The van der Waals surface area contributed by atoms with E-state index in [0.29, 0.717) is 29.6 Å². The van der Waals surface area contributed by atoms with Crippen LogP contribution in [0.25, 0.3) is 11.0 Å². The molecule has 8 nitrogen and oxygen atoms in total. The van der Waals surface area contributed by atoms with Crippen molar-refractivity contribution < 1.29 is 17.9 Å². The van der Waals surface area contributed by atoms with Gasteiger partial charge in [-0.2, -0.15) is 0 Å². The van der Waals surface area contributed by atoms with Crippen molar-refractivity contribution in [1.82, 2.24) is 9.13 Å². The Kier molecular flexibility index (Phi) is 5.85. The zero-order valence-corrected chi connectivity index (χ0v) is 19.3. The second-order valence-corrected chi connectivity index (χ2v) is 9.98. The Morgan fingerprint density at radius 1 is 0.969 bits per heavy atom. The number of hydrogen-bond donors (Lipinski definition) is 0. The van der Waals surface area contributed by atoms with Crippen molar-refractivity contribution in [1.29, 1.82) is 0 Å². The van der Waals surface area contributed by atoms with Crippen LogP contribution in [0.4, 0.5) is 5.69 Å². The summed E-state index contributed by atoms with van der Waals surface area (Å²) in [5, 5.41) is 0. The molecule has 170 valence electrons. The molecule has 0 saturated heterocycles. The summed E-state index contributed by atoms with van der Waals surface area (Å²) in [7, 11) is 0.535. The van der Waals surface area contributed by atoms with E-state index < -0.39 is 15.9 Å². The van der Waals surface area contributed by atoms with Gasteiger partial charge in [0, 0.05) is 20.0 Å². The first-order valence-corrected chi connectivity index (χ1v) is 12.1. The standard InChI is InChI=1S/C23H27N3O5S/c1-24-20-14-13-19(15-21(20)25(2)23(24)28)32(29,30)26(17-9-11-18(31-3)12-10-17)22(27)16-7-5-4-6-8-16/h9-16H,4-8H2,1-3H3. The third-order valence-electron chi connectivity index (χ3n) is 6.24. The van der Waals surface area contributed by atoms with Crippen molar-refractivity contribution in [2.75, 3.05) is 11.4 Å². The summed E-state index contributed by atoms with van der Waals surface area (Å²) >= 11 is 0. The van der Waals surface area contributed by atoms with Gasteiger partial charge in [0.15, 0.2) is 0 Å². The van der Waals surface area contributed by atoms with Crippen molar-refractivity contribution in [3.63, 3.8) is 0 Å². The second kappa shape index (κ2) is 8.46. The van der Waals surface area contributed by atoms with Crippen LogP contribution >= 0.6 is 0 Å². The number of imidazole rings is 1. The molecule has 1 aromatic heterocycles. The summed E-state index contributed by atoms with van der Waals surface area (Å²) in [5.74, 6) is -0.195. The van der Waals surface area contributed by atoms with Crippen LogP contribution in [0.15, 0.2) is 52.2 Å². The Bertz CT molecular complexity index is 1320. The number of nitrogens with zero attached hydrogens (tertiary/aromatic N) is 3. The second-order valence-electron chi connectivity index (χ2n) is 8.19. The van der Waals surface area contributed by atoms with Crippen LogP contribution in [0, 0.1) is 5.92 Å². The molecule has 32 heavy (non-hydrogen) atoms. The van der Waals surface area contributed by atoms with Gasteiger partial charge in [-0.1, -0.05) is 19.3 Å². The van der Waals surface area contributed by atoms with E-state index in [-0.39, 0.29) is 22.2 Å². The lowest BCUT2D eigenvalue weighted by Gasteiger charge is -2.29. The van der Waals surface area contributed by atoms with E-state index in [4.69, 9.17) is 4.74 Å². The molecule has 1 saturated carbocycles. The molecule has 0 unspecified atom stereocenters. The quantitative estimate of drug-likeness (QED) is 0.587. The van der Waals surface area contributed by atoms with Gasteiger partial charge in [-0.15, -0.1) is 0 Å². The highest BCUT2D eigenvalue weighted by Gasteiger charge is 2.36. The van der Waals surface area contributed by atoms with Gasteiger partial charge in [0.1, 0.15) is 5.75 Å². The number of carbonyl (C=O) groups is 1. The molecule has 3 aromatic rings. The van der Waals surface area contributed by atoms with Gasteiger partial charge < -0.3 is 4.74 Å². The topological polar surface area (TPSA) is 90.6 Å². The molecule has 1 aliphatic carbocycles. The molecule has 0 bridgehead atoms. The minimum absolute atomic E-state index is 0.0359. The number of benzene rings is 2. The zero-order valence-electron chi connectivity index (χ0n) is 18.4. The maximum absolute atomic E-state index is 13.8. The first-order valence-electron chi connectivity index (χ1n) is 10.6. The third-order valence-corrected chi connectivity index (χ3v) is 7.96. The molecule has 0 aliphatic heterocycles. The predicted molar refractivity (Wildman–Crippen MR) is 122 cm³/mol. The fourth-order valence-corrected chi connectivity index (χ4v) is 5.87. The lowest BCUT2D eigenvalue weighted by Crippen LogP contribution is -2.41. The average molecular weight is 458 g/mol. The van der Waals surface area contributed by atoms with Crippen molar-refractivity contribution in [3.05, 3.63) is 52.9 Å². The van der Waals surface area contributed by atoms with Gasteiger partial charge in [0.05, 0.1) is 28.7 Å². The molecule has 9 heteroatoms. The number of carbonyl (C=O) groups excluding carboxylic acids is 1. The number of sulfonamides is 1. The van der Waals surface area contributed by atoms with Crippen LogP contribution in [0.2, 0.25) is 0 Å². The Labute approximate surface area is 187 Å². The molecule has 1 heterocycles. The number of aromatic nitrogens is 2. The van der Waals surface area contributed by atoms with Crippen LogP contribution in [0.1, 0.15) is 32.1 Å². The van der Waals surface area contributed by atoms with E-state index in [2.05, 4.69) is 0 Å². The summed E-state index contributed by atoms with van der Waals surface area (Å²) in [4.78, 5) is 25.8.